The lowest BCUT2D eigenvalue weighted by Gasteiger charge is -2.25. The molecule has 0 aliphatic rings. The van der Waals surface area contributed by atoms with E-state index in [1.807, 2.05) is 0 Å². The van der Waals surface area contributed by atoms with E-state index < -0.39 is 40.0 Å². The molecule has 8 heteroatoms. The molecule has 7 nitrogen and oxygen atoms in total. The molecule has 0 radical (unpaired) electrons. The standard InChI is InChI=1S/C7H16N2O5S/c1-7(2,4-15(12,13)14)9-6(11)5(8)3-10/h5,10H,3-4,8H2,1-2H3,(H,9,11)(H,12,13,14)/t5-/m0/s1. The summed E-state index contributed by atoms with van der Waals surface area (Å²) in [6.07, 6.45) is 0. The summed E-state index contributed by atoms with van der Waals surface area (Å²) in [7, 11) is -4.18. The normalized spacial score (nSPS) is 14.7. The van der Waals surface area contributed by atoms with Crippen molar-refractivity contribution in [3.8, 4) is 0 Å². The van der Waals surface area contributed by atoms with Crippen LogP contribution in [0.1, 0.15) is 13.8 Å². The minimum atomic E-state index is -4.18. The van der Waals surface area contributed by atoms with Gasteiger partial charge in [0.15, 0.2) is 0 Å². The van der Waals surface area contributed by atoms with Gasteiger partial charge in [0.25, 0.3) is 10.1 Å². The second-order valence-electron chi connectivity index (χ2n) is 3.89. The van der Waals surface area contributed by atoms with Gasteiger partial charge in [-0.2, -0.15) is 8.42 Å². The van der Waals surface area contributed by atoms with Gasteiger partial charge in [0, 0.05) is 0 Å². The zero-order valence-corrected chi connectivity index (χ0v) is 9.41. The molecule has 0 saturated carbocycles. The molecule has 15 heavy (non-hydrogen) atoms. The van der Waals surface area contributed by atoms with Crippen molar-refractivity contribution in [1.82, 2.24) is 5.32 Å². The summed E-state index contributed by atoms with van der Waals surface area (Å²) in [6, 6.07) is -1.11. The van der Waals surface area contributed by atoms with Crippen LogP contribution in [-0.4, -0.2) is 47.9 Å². The molecule has 0 aliphatic heterocycles. The molecule has 1 amide bonds. The molecule has 0 aromatic rings. The molecule has 5 N–H and O–H groups in total. The van der Waals surface area contributed by atoms with Gasteiger partial charge in [-0.25, -0.2) is 0 Å². The van der Waals surface area contributed by atoms with Gasteiger partial charge in [-0.1, -0.05) is 0 Å². The summed E-state index contributed by atoms with van der Waals surface area (Å²) in [5.74, 6) is -1.30. The van der Waals surface area contributed by atoms with E-state index >= 15 is 0 Å². The smallest absolute Gasteiger partial charge is 0.267 e. The van der Waals surface area contributed by atoms with Gasteiger partial charge in [-0.3, -0.25) is 9.35 Å². The molecule has 90 valence electrons. The zero-order chi connectivity index (χ0) is 12.3. The number of hydrogen-bond acceptors (Lipinski definition) is 5. The molecular formula is C7H16N2O5S. The molecule has 0 aromatic heterocycles. The number of carbonyl (C=O) groups is 1. The highest BCUT2D eigenvalue weighted by atomic mass is 32.2. The second kappa shape index (κ2) is 4.88. The summed E-state index contributed by atoms with van der Waals surface area (Å²) in [5, 5.41) is 10.9. The van der Waals surface area contributed by atoms with Crippen molar-refractivity contribution in [3.05, 3.63) is 0 Å². The number of aliphatic hydroxyl groups excluding tert-OH is 1. The van der Waals surface area contributed by atoms with Crippen molar-refractivity contribution < 1.29 is 22.9 Å². The molecular weight excluding hydrogens is 224 g/mol. The van der Waals surface area contributed by atoms with E-state index in [2.05, 4.69) is 5.32 Å². The maximum atomic E-state index is 11.2. The quantitative estimate of drug-likeness (QED) is 0.415. The third-order valence-electron chi connectivity index (χ3n) is 1.54. The second-order valence-corrected chi connectivity index (χ2v) is 5.34. The van der Waals surface area contributed by atoms with E-state index in [0.717, 1.165) is 0 Å². The number of nitrogens with two attached hydrogens (primary N) is 1. The number of rotatable bonds is 5. The topological polar surface area (TPSA) is 130 Å². The first kappa shape index (κ1) is 14.3. The fourth-order valence-electron chi connectivity index (χ4n) is 1.00. The van der Waals surface area contributed by atoms with Crippen molar-refractivity contribution in [1.29, 1.82) is 0 Å². The van der Waals surface area contributed by atoms with Gasteiger partial charge >= 0.3 is 0 Å². The predicted octanol–water partition coefficient (Wildman–Crippen LogP) is -1.91. The highest BCUT2D eigenvalue weighted by molar-refractivity contribution is 7.85. The van der Waals surface area contributed by atoms with Crippen LogP contribution in [0, 0.1) is 0 Å². The van der Waals surface area contributed by atoms with Crippen LogP contribution in [0.25, 0.3) is 0 Å². The molecule has 0 rings (SSSR count). The van der Waals surface area contributed by atoms with Crippen LogP contribution < -0.4 is 11.1 Å². The van der Waals surface area contributed by atoms with Crippen LogP contribution in [0.3, 0.4) is 0 Å². The number of carbonyl (C=O) groups excluding carboxylic acids is 1. The average Bonchev–Trinajstić information content (AvgIpc) is 1.96. The summed E-state index contributed by atoms with van der Waals surface area (Å²) >= 11 is 0. The number of aliphatic hydroxyl groups is 1. The number of nitrogens with one attached hydrogen (secondary N) is 1. The van der Waals surface area contributed by atoms with Crippen LogP contribution in [0.15, 0.2) is 0 Å². The Morgan fingerprint density at radius 1 is 1.53 bits per heavy atom. The molecule has 0 unspecified atom stereocenters. The zero-order valence-electron chi connectivity index (χ0n) is 8.60. The van der Waals surface area contributed by atoms with Crippen molar-refractivity contribution >= 4 is 16.0 Å². The van der Waals surface area contributed by atoms with Crippen LogP contribution in [0.2, 0.25) is 0 Å². The van der Waals surface area contributed by atoms with Gasteiger partial charge in [0.05, 0.1) is 17.9 Å². The Bertz CT molecular complexity index is 324. The highest BCUT2D eigenvalue weighted by Gasteiger charge is 2.28. The fourth-order valence-corrected chi connectivity index (χ4v) is 1.99. The maximum Gasteiger partial charge on any atom is 0.267 e. The molecule has 0 fully saturated rings. The Morgan fingerprint density at radius 3 is 2.33 bits per heavy atom. The maximum absolute atomic E-state index is 11.2. The lowest BCUT2D eigenvalue weighted by atomic mass is 10.1. The van der Waals surface area contributed by atoms with E-state index in [-0.39, 0.29) is 0 Å². The van der Waals surface area contributed by atoms with Crippen molar-refractivity contribution in [3.63, 3.8) is 0 Å². The first-order chi connectivity index (χ1) is 6.57. The number of hydrogen-bond donors (Lipinski definition) is 4. The van der Waals surface area contributed by atoms with E-state index in [1.54, 1.807) is 0 Å². The van der Waals surface area contributed by atoms with Gasteiger partial charge in [0.1, 0.15) is 6.04 Å². The van der Waals surface area contributed by atoms with Gasteiger partial charge in [-0.15, -0.1) is 0 Å². The summed E-state index contributed by atoms with van der Waals surface area (Å²) in [4.78, 5) is 11.2. The number of amides is 1. The van der Waals surface area contributed by atoms with E-state index in [1.165, 1.54) is 13.8 Å². The average molecular weight is 240 g/mol. The van der Waals surface area contributed by atoms with Crippen molar-refractivity contribution in [2.45, 2.75) is 25.4 Å². The van der Waals surface area contributed by atoms with Crippen LogP contribution >= 0.6 is 0 Å². The van der Waals surface area contributed by atoms with Crippen LogP contribution in [0.5, 0.6) is 0 Å². The van der Waals surface area contributed by atoms with Gasteiger partial charge in [0.2, 0.25) is 5.91 Å². The Hall–Kier alpha value is -0.700. The summed E-state index contributed by atoms with van der Waals surface area (Å²) in [6.45, 7) is 2.30. The van der Waals surface area contributed by atoms with Gasteiger partial charge in [-0.05, 0) is 13.8 Å². The Labute approximate surface area is 88.4 Å². The Morgan fingerprint density at radius 2 is 2.00 bits per heavy atom. The minimum absolute atomic E-state index is 0.534. The third-order valence-corrected chi connectivity index (χ3v) is 2.62. The predicted molar refractivity (Wildman–Crippen MR) is 53.7 cm³/mol. The summed E-state index contributed by atoms with van der Waals surface area (Å²) in [5.41, 5.74) is 4.07. The third kappa shape index (κ3) is 6.39. The first-order valence-electron chi connectivity index (χ1n) is 4.21. The monoisotopic (exact) mass is 240 g/mol. The lowest BCUT2D eigenvalue weighted by molar-refractivity contribution is -0.124. The Balaban J connectivity index is 4.45. The molecule has 0 saturated heterocycles. The molecule has 0 heterocycles. The van der Waals surface area contributed by atoms with Crippen molar-refractivity contribution in [2.24, 2.45) is 5.73 Å². The van der Waals surface area contributed by atoms with Crippen molar-refractivity contribution in [2.75, 3.05) is 12.4 Å². The largest absolute Gasteiger partial charge is 0.394 e. The van der Waals surface area contributed by atoms with Crippen LogP contribution in [-0.2, 0) is 14.9 Å². The Kier molecular flexibility index (Phi) is 4.65. The molecule has 1 atom stereocenters. The van der Waals surface area contributed by atoms with E-state index in [0.29, 0.717) is 0 Å². The van der Waals surface area contributed by atoms with Gasteiger partial charge < -0.3 is 16.2 Å². The lowest BCUT2D eigenvalue weighted by Crippen LogP contribution is -2.54. The molecule has 0 aliphatic carbocycles. The molecule has 0 bridgehead atoms. The van der Waals surface area contributed by atoms with Crippen LogP contribution in [0.4, 0.5) is 0 Å². The fraction of sp³-hybridized carbons (Fsp3) is 0.857. The minimum Gasteiger partial charge on any atom is -0.394 e. The first-order valence-corrected chi connectivity index (χ1v) is 5.82. The molecule has 0 spiro atoms. The SMILES string of the molecule is CC(C)(CS(=O)(=O)O)NC(=O)[C@@H](N)CO. The summed E-state index contributed by atoms with van der Waals surface area (Å²) < 4.78 is 29.8. The molecule has 0 aromatic carbocycles. The van der Waals surface area contributed by atoms with E-state index in [4.69, 9.17) is 15.4 Å². The highest BCUT2D eigenvalue weighted by Crippen LogP contribution is 2.05. The van der Waals surface area contributed by atoms with E-state index in [9.17, 15) is 13.2 Å².